The molecule has 1 aliphatic heterocycles. The van der Waals surface area contributed by atoms with Crippen molar-refractivity contribution in [2.75, 3.05) is 13.1 Å². The summed E-state index contributed by atoms with van der Waals surface area (Å²) in [4.78, 5) is 13.3. The van der Waals surface area contributed by atoms with Crippen LogP contribution in [0.5, 0.6) is 0 Å². The normalized spacial score (nSPS) is 32.5. The summed E-state index contributed by atoms with van der Waals surface area (Å²) in [5, 5.41) is 10.0. The van der Waals surface area contributed by atoms with Crippen LogP contribution in [-0.4, -0.2) is 41.1 Å². The van der Waals surface area contributed by atoms with Crippen molar-refractivity contribution in [3.05, 3.63) is 0 Å². The molecule has 2 atom stereocenters. The molecule has 4 nitrogen and oxygen atoms in total. The molecule has 2 fully saturated rings. The Kier molecular flexibility index (Phi) is 4.40. The zero-order valence-corrected chi connectivity index (χ0v) is 10.5. The van der Waals surface area contributed by atoms with Gasteiger partial charge >= 0.3 is 0 Å². The number of primary amides is 1. The second kappa shape index (κ2) is 5.83. The van der Waals surface area contributed by atoms with Gasteiger partial charge in [0.15, 0.2) is 0 Å². The number of aliphatic hydroxyl groups is 1. The highest BCUT2D eigenvalue weighted by Gasteiger charge is 2.31. The molecule has 0 aromatic rings. The van der Waals surface area contributed by atoms with Crippen LogP contribution >= 0.6 is 0 Å². The lowest BCUT2D eigenvalue weighted by molar-refractivity contribution is -0.119. The fraction of sp³-hybridized carbons (Fsp3) is 0.923. The first-order chi connectivity index (χ1) is 8.16. The highest BCUT2D eigenvalue weighted by molar-refractivity contribution is 5.73. The third-order valence-electron chi connectivity index (χ3n) is 4.30. The third-order valence-corrected chi connectivity index (χ3v) is 4.30. The van der Waals surface area contributed by atoms with Crippen LogP contribution in [-0.2, 0) is 4.79 Å². The number of nitrogens with two attached hydrogens (primary N) is 1. The van der Waals surface area contributed by atoms with E-state index >= 15 is 0 Å². The average molecular weight is 240 g/mol. The molecule has 1 saturated heterocycles. The van der Waals surface area contributed by atoms with E-state index in [0.29, 0.717) is 18.4 Å². The molecular weight excluding hydrogens is 216 g/mol. The molecule has 17 heavy (non-hydrogen) atoms. The highest BCUT2D eigenvalue weighted by atomic mass is 16.3. The lowest BCUT2D eigenvalue weighted by Crippen LogP contribution is -2.49. The number of hydrogen-bond donors (Lipinski definition) is 2. The monoisotopic (exact) mass is 240 g/mol. The second-order valence-electron chi connectivity index (χ2n) is 5.57. The number of carbonyl (C=O) groups excluding carboxylic acids is 1. The number of hydrogen-bond acceptors (Lipinski definition) is 3. The van der Waals surface area contributed by atoms with E-state index < -0.39 is 0 Å². The van der Waals surface area contributed by atoms with Crippen molar-refractivity contribution in [3.63, 3.8) is 0 Å². The molecule has 98 valence electrons. The number of piperidine rings is 1. The number of nitrogens with zero attached hydrogens (tertiary/aromatic N) is 1. The van der Waals surface area contributed by atoms with Crippen LogP contribution in [0.25, 0.3) is 0 Å². The number of aliphatic hydroxyl groups excluding tert-OH is 1. The van der Waals surface area contributed by atoms with Gasteiger partial charge in [-0.15, -0.1) is 0 Å². The van der Waals surface area contributed by atoms with E-state index in [1.54, 1.807) is 0 Å². The number of amides is 1. The summed E-state index contributed by atoms with van der Waals surface area (Å²) in [6, 6.07) is 0.360. The predicted molar refractivity (Wildman–Crippen MR) is 66.4 cm³/mol. The summed E-state index contributed by atoms with van der Waals surface area (Å²) < 4.78 is 0. The van der Waals surface area contributed by atoms with Crippen molar-refractivity contribution in [2.24, 2.45) is 11.7 Å². The Bertz CT molecular complexity index is 262. The summed E-state index contributed by atoms with van der Waals surface area (Å²) in [6.45, 7) is 2.03. The molecule has 1 heterocycles. The van der Waals surface area contributed by atoms with Gasteiger partial charge in [0.05, 0.1) is 6.10 Å². The second-order valence-corrected chi connectivity index (χ2v) is 5.57. The van der Waals surface area contributed by atoms with E-state index in [4.69, 9.17) is 5.73 Å². The van der Waals surface area contributed by atoms with Gasteiger partial charge in [-0.1, -0.05) is 12.8 Å². The molecule has 2 aliphatic rings. The smallest absolute Gasteiger partial charge is 0.217 e. The first-order valence-electron chi connectivity index (χ1n) is 6.87. The summed E-state index contributed by atoms with van der Waals surface area (Å²) >= 11 is 0. The highest BCUT2D eigenvalue weighted by Crippen LogP contribution is 2.28. The minimum absolute atomic E-state index is 0.142. The van der Waals surface area contributed by atoms with Crippen LogP contribution in [0, 0.1) is 5.92 Å². The Hall–Kier alpha value is -0.610. The molecular formula is C13H24N2O2. The minimum atomic E-state index is -0.179. The van der Waals surface area contributed by atoms with Crippen LogP contribution in [0.3, 0.4) is 0 Å². The lowest BCUT2D eigenvalue weighted by Gasteiger charge is -2.41. The Morgan fingerprint density at radius 3 is 2.41 bits per heavy atom. The van der Waals surface area contributed by atoms with E-state index in [-0.39, 0.29) is 12.0 Å². The van der Waals surface area contributed by atoms with Crippen LogP contribution in [0.2, 0.25) is 0 Å². The molecule has 3 N–H and O–H groups in total. The first-order valence-corrected chi connectivity index (χ1v) is 6.87. The maximum Gasteiger partial charge on any atom is 0.217 e. The number of rotatable bonds is 3. The molecule has 2 rings (SSSR count). The largest absolute Gasteiger partial charge is 0.391 e. The minimum Gasteiger partial charge on any atom is -0.391 e. The SMILES string of the molecule is NC(=O)CC1CCN([C@H]2CCCC[C@@H]2O)CC1. The van der Waals surface area contributed by atoms with Gasteiger partial charge in [-0.3, -0.25) is 9.69 Å². The molecule has 1 saturated carbocycles. The zero-order valence-electron chi connectivity index (χ0n) is 10.5. The summed E-state index contributed by atoms with van der Waals surface area (Å²) in [7, 11) is 0. The van der Waals surface area contributed by atoms with Crippen molar-refractivity contribution in [2.45, 2.75) is 57.1 Å². The van der Waals surface area contributed by atoms with Crippen LogP contribution in [0.4, 0.5) is 0 Å². The van der Waals surface area contributed by atoms with Gasteiger partial charge in [0, 0.05) is 12.5 Å². The van der Waals surface area contributed by atoms with Crippen molar-refractivity contribution >= 4 is 5.91 Å². The van der Waals surface area contributed by atoms with Gasteiger partial charge in [0.2, 0.25) is 5.91 Å². The van der Waals surface area contributed by atoms with E-state index in [1.807, 2.05) is 0 Å². The first kappa shape index (κ1) is 12.8. The molecule has 0 spiro atoms. The van der Waals surface area contributed by atoms with Gasteiger partial charge in [-0.2, -0.15) is 0 Å². The van der Waals surface area contributed by atoms with E-state index in [0.717, 1.165) is 45.2 Å². The Labute approximate surface area is 103 Å². The molecule has 0 aromatic carbocycles. The topological polar surface area (TPSA) is 66.6 Å². The maximum atomic E-state index is 10.9. The number of likely N-dealkylation sites (tertiary alicyclic amines) is 1. The van der Waals surface area contributed by atoms with Crippen molar-refractivity contribution in [1.29, 1.82) is 0 Å². The fourth-order valence-corrected chi connectivity index (χ4v) is 3.29. The van der Waals surface area contributed by atoms with Crippen molar-refractivity contribution < 1.29 is 9.90 Å². The molecule has 1 amide bonds. The van der Waals surface area contributed by atoms with Gasteiger partial charge < -0.3 is 10.8 Å². The Balaban J connectivity index is 1.79. The zero-order chi connectivity index (χ0) is 12.3. The molecule has 0 bridgehead atoms. The van der Waals surface area contributed by atoms with Crippen LogP contribution < -0.4 is 5.73 Å². The summed E-state index contributed by atoms with van der Waals surface area (Å²) in [6.07, 6.45) is 6.96. The van der Waals surface area contributed by atoms with E-state index in [9.17, 15) is 9.90 Å². The molecule has 0 radical (unpaired) electrons. The fourth-order valence-electron chi connectivity index (χ4n) is 3.29. The van der Waals surface area contributed by atoms with Gasteiger partial charge in [0.1, 0.15) is 0 Å². The molecule has 0 unspecified atom stereocenters. The Morgan fingerprint density at radius 2 is 1.82 bits per heavy atom. The van der Waals surface area contributed by atoms with Gasteiger partial charge in [-0.25, -0.2) is 0 Å². The molecule has 1 aliphatic carbocycles. The van der Waals surface area contributed by atoms with Crippen molar-refractivity contribution in [1.82, 2.24) is 4.90 Å². The van der Waals surface area contributed by atoms with E-state index in [2.05, 4.69) is 4.90 Å². The summed E-state index contributed by atoms with van der Waals surface area (Å²) in [5.41, 5.74) is 5.23. The van der Waals surface area contributed by atoms with Crippen LogP contribution in [0.15, 0.2) is 0 Å². The van der Waals surface area contributed by atoms with E-state index in [1.165, 1.54) is 6.42 Å². The quantitative estimate of drug-likeness (QED) is 0.769. The van der Waals surface area contributed by atoms with Crippen molar-refractivity contribution in [3.8, 4) is 0 Å². The standard InChI is InChI=1S/C13H24N2O2/c14-13(17)9-10-5-7-15(8-6-10)11-3-1-2-4-12(11)16/h10-12,16H,1-9H2,(H2,14,17)/t11-,12-/m0/s1. The average Bonchev–Trinajstić information content (AvgIpc) is 2.30. The lowest BCUT2D eigenvalue weighted by atomic mass is 9.87. The molecule has 0 aromatic heterocycles. The predicted octanol–water partition coefficient (Wildman–Crippen LogP) is 0.877. The van der Waals surface area contributed by atoms with Crippen LogP contribution in [0.1, 0.15) is 44.9 Å². The summed E-state index contributed by atoms with van der Waals surface area (Å²) in [5.74, 6) is 0.283. The van der Waals surface area contributed by atoms with Gasteiger partial charge in [-0.05, 0) is 44.7 Å². The maximum absolute atomic E-state index is 10.9. The third kappa shape index (κ3) is 3.42. The Morgan fingerprint density at radius 1 is 1.18 bits per heavy atom. The number of carbonyl (C=O) groups is 1. The molecule has 4 heteroatoms. The van der Waals surface area contributed by atoms with Gasteiger partial charge in [0.25, 0.3) is 0 Å².